The van der Waals surface area contributed by atoms with Gasteiger partial charge in [-0.1, -0.05) is 92.2 Å². The van der Waals surface area contributed by atoms with Crippen molar-refractivity contribution in [1.82, 2.24) is 10.2 Å². The highest BCUT2D eigenvalue weighted by molar-refractivity contribution is 7.92. The van der Waals surface area contributed by atoms with Crippen molar-refractivity contribution in [2.75, 3.05) is 24.5 Å². The van der Waals surface area contributed by atoms with Crippen LogP contribution < -0.4 is 14.4 Å². The fraction of sp³-hybridized carbons (Fsp3) is 0.257. The molecule has 2 amide bonds. The van der Waals surface area contributed by atoms with Crippen molar-refractivity contribution in [3.8, 4) is 5.75 Å². The van der Waals surface area contributed by atoms with E-state index in [0.717, 1.165) is 9.87 Å². The first kappa shape index (κ1) is 33.6. The molecule has 0 aliphatic heterocycles. The summed E-state index contributed by atoms with van der Waals surface area (Å²) in [6.45, 7) is 3.82. The quantitative estimate of drug-likeness (QED) is 0.182. The molecule has 0 fully saturated rings. The van der Waals surface area contributed by atoms with E-state index in [0.29, 0.717) is 22.9 Å². The Bertz CT molecular complexity index is 1670. The van der Waals surface area contributed by atoms with Crippen LogP contribution in [0.3, 0.4) is 0 Å². The number of benzene rings is 4. The topological polar surface area (TPSA) is 96.0 Å². The maximum atomic E-state index is 14.5. The largest absolute Gasteiger partial charge is 0.497 e. The number of rotatable bonds is 14. The second kappa shape index (κ2) is 15.6. The molecule has 8 nitrogen and oxygen atoms in total. The van der Waals surface area contributed by atoms with Gasteiger partial charge in [0, 0.05) is 24.5 Å². The number of hydrogen-bond donors (Lipinski definition) is 1. The number of ether oxygens (including phenoxy) is 1. The predicted molar refractivity (Wildman–Crippen MR) is 178 cm³/mol. The van der Waals surface area contributed by atoms with E-state index in [1.807, 2.05) is 44.2 Å². The maximum absolute atomic E-state index is 14.5. The molecule has 0 aliphatic carbocycles. The Kier molecular flexibility index (Phi) is 11.6. The number of hydrogen-bond acceptors (Lipinski definition) is 5. The van der Waals surface area contributed by atoms with Gasteiger partial charge in [0.25, 0.3) is 10.0 Å². The number of amides is 2. The van der Waals surface area contributed by atoms with Crippen LogP contribution in [0.15, 0.2) is 114 Å². The lowest BCUT2D eigenvalue weighted by Crippen LogP contribution is -2.53. The van der Waals surface area contributed by atoms with Gasteiger partial charge in [-0.25, -0.2) is 8.42 Å². The molecule has 0 bridgehead atoms. The van der Waals surface area contributed by atoms with Crippen molar-refractivity contribution >= 4 is 39.1 Å². The number of nitrogens with zero attached hydrogens (tertiary/aromatic N) is 2. The number of halogens is 1. The number of methoxy groups -OCH3 is 1. The number of sulfonamides is 1. The van der Waals surface area contributed by atoms with E-state index in [1.165, 1.54) is 24.1 Å². The molecular formula is C35H38ClN3O5S. The minimum atomic E-state index is -4.19. The molecule has 0 aliphatic rings. The average molecular weight is 648 g/mol. The molecule has 4 aromatic carbocycles. The lowest BCUT2D eigenvalue weighted by molar-refractivity contribution is -0.140. The molecule has 0 heterocycles. The Morgan fingerprint density at radius 1 is 0.844 bits per heavy atom. The van der Waals surface area contributed by atoms with E-state index in [4.69, 9.17) is 16.3 Å². The van der Waals surface area contributed by atoms with Gasteiger partial charge in [0.15, 0.2) is 0 Å². The third kappa shape index (κ3) is 8.86. The van der Waals surface area contributed by atoms with Crippen LogP contribution in [0, 0.1) is 5.92 Å². The van der Waals surface area contributed by atoms with Crippen LogP contribution in [0.25, 0.3) is 0 Å². The fourth-order valence-electron chi connectivity index (χ4n) is 4.78. The first-order valence-corrected chi connectivity index (χ1v) is 16.5. The lowest BCUT2D eigenvalue weighted by atomic mass is 10.0. The van der Waals surface area contributed by atoms with Gasteiger partial charge in [0.2, 0.25) is 11.8 Å². The Hall–Kier alpha value is -4.34. The molecule has 1 atom stereocenters. The molecule has 4 rings (SSSR count). The van der Waals surface area contributed by atoms with Gasteiger partial charge < -0.3 is 15.0 Å². The highest BCUT2D eigenvalue weighted by atomic mass is 35.5. The standard InChI is InChI=1S/C35H38ClN3O5S/c1-26(2)23-37-35(41)33(22-27-12-6-4-7-13-27)38(24-28-14-10-11-17-32(28)36)34(40)25-39(29-18-20-30(44-3)21-19-29)45(42,43)31-15-8-5-9-16-31/h4-21,26,33H,22-25H2,1-3H3,(H,37,41)/t33-/m0/s1. The summed E-state index contributed by atoms with van der Waals surface area (Å²) >= 11 is 6.55. The van der Waals surface area contributed by atoms with E-state index in [9.17, 15) is 18.0 Å². The van der Waals surface area contributed by atoms with Crippen LogP contribution in [0.4, 0.5) is 5.69 Å². The van der Waals surface area contributed by atoms with E-state index >= 15 is 0 Å². The molecule has 0 unspecified atom stereocenters. The molecule has 4 aromatic rings. The van der Waals surface area contributed by atoms with Crippen molar-refractivity contribution in [2.24, 2.45) is 5.92 Å². The summed E-state index contributed by atoms with van der Waals surface area (Å²) in [5.41, 5.74) is 1.75. The van der Waals surface area contributed by atoms with Crippen molar-refractivity contribution < 1.29 is 22.7 Å². The Balaban J connectivity index is 1.80. The lowest BCUT2D eigenvalue weighted by Gasteiger charge is -2.34. The Morgan fingerprint density at radius 2 is 1.44 bits per heavy atom. The normalized spacial score (nSPS) is 11.9. The smallest absolute Gasteiger partial charge is 0.264 e. The van der Waals surface area contributed by atoms with Crippen molar-refractivity contribution in [3.05, 3.63) is 125 Å². The summed E-state index contributed by atoms with van der Waals surface area (Å²) in [5.74, 6) is -0.186. The second-order valence-electron chi connectivity index (χ2n) is 11.0. The zero-order chi connectivity index (χ0) is 32.4. The average Bonchev–Trinajstić information content (AvgIpc) is 3.05. The highest BCUT2D eigenvalue weighted by Crippen LogP contribution is 2.27. The van der Waals surface area contributed by atoms with Gasteiger partial charge in [-0.3, -0.25) is 13.9 Å². The number of carbonyl (C=O) groups excluding carboxylic acids is 2. The van der Waals surface area contributed by atoms with Crippen LogP contribution in [0.5, 0.6) is 5.75 Å². The van der Waals surface area contributed by atoms with E-state index in [2.05, 4.69) is 5.32 Å². The molecule has 0 saturated heterocycles. The second-order valence-corrected chi connectivity index (χ2v) is 13.2. The first-order chi connectivity index (χ1) is 21.6. The van der Waals surface area contributed by atoms with Crippen molar-refractivity contribution in [3.63, 3.8) is 0 Å². The molecule has 0 saturated carbocycles. The van der Waals surface area contributed by atoms with Crippen LogP contribution >= 0.6 is 11.6 Å². The minimum absolute atomic E-state index is 0.00700. The summed E-state index contributed by atoms with van der Waals surface area (Å²) in [6.07, 6.45) is 0.217. The monoisotopic (exact) mass is 647 g/mol. The highest BCUT2D eigenvalue weighted by Gasteiger charge is 2.35. The maximum Gasteiger partial charge on any atom is 0.264 e. The predicted octanol–water partition coefficient (Wildman–Crippen LogP) is 5.96. The van der Waals surface area contributed by atoms with E-state index in [-0.39, 0.29) is 35.4 Å². The van der Waals surface area contributed by atoms with Gasteiger partial charge in [-0.05, 0) is 59.5 Å². The first-order valence-electron chi connectivity index (χ1n) is 14.7. The number of carbonyl (C=O) groups is 2. The Morgan fingerprint density at radius 3 is 2.04 bits per heavy atom. The van der Waals surface area contributed by atoms with Gasteiger partial charge >= 0.3 is 0 Å². The fourth-order valence-corrected chi connectivity index (χ4v) is 6.41. The third-order valence-corrected chi connectivity index (χ3v) is 9.38. The van der Waals surface area contributed by atoms with E-state index in [1.54, 1.807) is 66.7 Å². The summed E-state index contributed by atoms with van der Waals surface area (Å²) in [4.78, 5) is 29.8. The Labute approximate surface area is 270 Å². The summed E-state index contributed by atoms with van der Waals surface area (Å²) < 4.78 is 34.4. The zero-order valence-corrected chi connectivity index (χ0v) is 27.2. The summed E-state index contributed by atoms with van der Waals surface area (Å²) in [5, 5.41) is 3.41. The summed E-state index contributed by atoms with van der Waals surface area (Å²) in [7, 11) is -2.68. The van der Waals surface area contributed by atoms with Crippen molar-refractivity contribution in [2.45, 2.75) is 37.8 Å². The van der Waals surface area contributed by atoms with Crippen LogP contribution in [0.1, 0.15) is 25.0 Å². The molecule has 10 heteroatoms. The van der Waals surface area contributed by atoms with Gasteiger partial charge in [-0.15, -0.1) is 0 Å². The van der Waals surface area contributed by atoms with Crippen LogP contribution in [-0.2, 0) is 32.6 Å². The molecular weight excluding hydrogens is 610 g/mol. The van der Waals surface area contributed by atoms with Crippen LogP contribution in [-0.4, -0.2) is 51.4 Å². The molecule has 1 N–H and O–H groups in total. The van der Waals surface area contributed by atoms with Gasteiger partial charge in [0.1, 0.15) is 18.3 Å². The third-order valence-electron chi connectivity index (χ3n) is 7.22. The van der Waals surface area contributed by atoms with E-state index < -0.39 is 28.5 Å². The molecule has 0 aromatic heterocycles. The van der Waals surface area contributed by atoms with Gasteiger partial charge in [0.05, 0.1) is 17.7 Å². The molecule has 0 spiro atoms. The molecule has 236 valence electrons. The zero-order valence-electron chi connectivity index (χ0n) is 25.6. The number of nitrogens with one attached hydrogen (secondary N) is 1. The molecule has 45 heavy (non-hydrogen) atoms. The van der Waals surface area contributed by atoms with Crippen molar-refractivity contribution in [1.29, 1.82) is 0 Å². The number of anilines is 1. The summed E-state index contributed by atoms with van der Waals surface area (Å²) in [6, 6.07) is 29.9. The minimum Gasteiger partial charge on any atom is -0.497 e. The van der Waals surface area contributed by atoms with Gasteiger partial charge in [-0.2, -0.15) is 0 Å². The van der Waals surface area contributed by atoms with Crippen LogP contribution in [0.2, 0.25) is 5.02 Å². The SMILES string of the molecule is COc1ccc(N(CC(=O)N(Cc2ccccc2Cl)[C@@H](Cc2ccccc2)C(=O)NCC(C)C)S(=O)(=O)c2ccccc2)cc1. The molecule has 0 radical (unpaired) electrons.